The van der Waals surface area contributed by atoms with Crippen molar-refractivity contribution in [3.8, 4) is 28.7 Å². The predicted octanol–water partition coefficient (Wildman–Crippen LogP) is -0.678. The van der Waals surface area contributed by atoms with Gasteiger partial charge in [0, 0.05) is 18.1 Å². The lowest BCUT2D eigenvalue weighted by Crippen LogP contribution is -2.60. The first-order chi connectivity index (χ1) is 15.7. The first kappa shape index (κ1) is 23.4. The summed E-state index contributed by atoms with van der Waals surface area (Å²) < 4.78 is 22.1. The van der Waals surface area contributed by atoms with Crippen molar-refractivity contribution in [3.63, 3.8) is 0 Å². The van der Waals surface area contributed by atoms with Crippen LogP contribution in [-0.4, -0.2) is 86.3 Å². The highest BCUT2D eigenvalue weighted by molar-refractivity contribution is 5.54. The van der Waals surface area contributed by atoms with E-state index in [9.17, 15) is 35.7 Å². The number of methoxy groups -OCH3 is 1. The minimum Gasteiger partial charge on any atom is -0.508 e. The Morgan fingerprint density at radius 3 is 2.45 bits per heavy atom. The average Bonchev–Trinajstić information content (AvgIpc) is 2.79. The molecule has 0 spiro atoms. The van der Waals surface area contributed by atoms with Crippen molar-refractivity contribution < 1.29 is 54.7 Å². The Morgan fingerprint density at radius 1 is 1.00 bits per heavy atom. The van der Waals surface area contributed by atoms with E-state index in [1.54, 1.807) is 6.07 Å². The summed E-state index contributed by atoms with van der Waals surface area (Å²) in [6.45, 7) is -0.637. The van der Waals surface area contributed by atoms with Gasteiger partial charge in [0.1, 0.15) is 35.9 Å². The standard InChI is InChI=1S/C22H26O11/c1-30-21-13(26)5-10(20-12(25)4-9-2-3-11(24)7-14(9)31-20)6-15(21)32-22-19(29)18(28)17(27)16(8-23)33-22/h2-3,5-7,12,16-20,22-29H,4,8H2,1H3. The second-order valence-electron chi connectivity index (χ2n) is 7.99. The zero-order valence-electron chi connectivity index (χ0n) is 17.6. The van der Waals surface area contributed by atoms with E-state index < -0.39 is 49.5 Å². The first-order valence-electron chi connectivity index (χ1n) is 10.3. The van der Waals surface area contributed by atoms with Crippen molar-refractivity contribution in [1.29, 1.82) is 0 Å². The summed E-state index contributed by atoms with van der Waals surface area (Å²) in [4.78, 5) is 0. The van der Waals surface area contributed by atoms with Crippen LogP contribution < -0.4 is 14.2 Å². The SMILES string of the molecule is COc1c(O)cc(C2Oc3cc(O)ccc3CC2O)cc1OC1OC(CO)C(O)C(O)C1O. The van der Waals surface area contributed by atoms with Crippen LogP contribution in [0.15, 0.2) is 30.3 Å². The van der Waals surface area contributed by atoms with Crippen molar-refractivity contribution >= 4 is 0 Å². The van der Waals surface area contributed by atoms with Gasteiger partial charge >= 0.3 is 0 Å². The number of hydrogen-bond donors (Lipinski definition) is 7. The maximum atomic E-state index is 10.6. The molecule has 11 nitrogen and oxygen atoms in total. The minimum absolute atomic E-state index is 0.00638. The van der Waals surface area contributed by atoms with Crippen LogP contribution >= 0.6 is 0 Å². The van der Waals surface area contributed by atoms with E-state index >= 15 is 0 Å². The molecule has 7 unspecified atom stereocenters. The number of phenolic OH excluding ortho intramolecular Hbond substituents is 2. The van der Waals surface area contributed by atoms with Crippen molar-refractivity contribution in [2.45, 2.75) is 49.3 Å². The second-order valence-corrected chi connectivity index (χ2v) is 7.99. The molecule has 2 aliphatic heterocycles. The monoisotopic (exact) mass is 466 g/mol. The van der Waals surface area contributed by atoms with Crippen LogP contribution in [-0.2, 0) is 11.2 Å². The molecular weight excluding hydrogens is 440 g/mol. The van der Waals surface area contributed by atoms with Gasteiger partial charge < -0.3 is 54.7 Å². The molecule has 2 aliphatic rings. The van der Waals surface area contributed by atoms with Crippen LogP contribution in [0.3, 0.4) is 0 Å². The average molecular weight is 466 g/mol. The number of hydrogen-bond acceptors (Lipinski definition) is 11. The van der Waals surface area contributed by atoms with Gasteiger partial charge in [-0.05, 0) is 23.8 Å². The summed E-state index contributed by atoms with van der Waals surface area (Å²) in [7, 11) is 1.28. The van der Waals surface area contributed by atoms with Gasteiger partial charge in [-0.25, -0.2) is 0 Å². The maximum absolute atomic E-state index is 10.6. The Hall–Kier alpha value is -2.80. The molecule has 7 atom stereocenters. The molecule has 11 heteroatoms. The predicted molar refractivity (Wildman–Crippen MR) is 110 cm³/mol. The third-order valence-corrected chi connectivity index (χ3v) is 5.77. The van der Waals surface area contributed by atoms with Gasteiger partial charge in [-0.3, -0.25) is 0 Å². The van der Waals surface area contributed by atoms with Crippen molar-refractivity contribution in [2.75, 3.05) is 13.7 Å². The summed E-state index contributed by atoms with van der Waals surface area (Å²) in [5, 5.41) is 70.5. The third-order valence-electron chi connectivity index (χ3n) is 5.77. The van der Waals surface area contributed by atoms with E-state index in [0.717, 1.165) is 0 Å². The molecule has 0 saturated carbocycles. The van der Waals surface area contributed by atoms with Crippen LogP contribution in [0, 0.1) is 0 Å². The fourth-order valence-electron chi connectivity index (χ4n) is 4.01. The number of ether oxygens (including phenoxy) is 4. The van der Waals surface area contributed by atoms with Crippen molar-refractivity contribution in [2.24, 2.45) is 0 Å². The van der Waals surface area contributed by atoms with Crippen LogP contribution in [0.4, 0.5) is 0 Å². The van der Waals surface area contributed by atoms with E-state index in [2.05, 4.69) is 0 Å². The number of benzene rings is 2. The molecule has 4 rings (SSSR count). The summed E-state index contributed by atoms with van der Waals surface area (Å²) in [6, 6.07) is 7.27. The highest BCUT2D eigenvalue weighted by Crippen LogP contribution is 2.44. The topological polar surface area (TPSA) is 179 Å². The van der Waals surface area contributed by atoms with Gasteiger partial charge in [0.05, 0.1) is 19.8 Å². The van der Waals surface area contributed by atoms with Gasteiger partial charge in [-0.1, -0.05) is 6.07 Å². The van der Waals surface area contributed by atoms with Gasteiger partial charge in [-0.2, -0.15) is 0 Å². The summed E-state index contributed by atoms with van der Waals surface area (Å²) in [5.41, 5.74) is 1.00. The fraction of sp³-hybridized carbons (Fsp3) is 0.455. The summed E-state index contributed by atoms with van der Waals surface area (Å²) in [5.74, 6) is -0.203. The quantitative estimate of drug-likeness (QED) is 0.297. The minimum atomic E-state index is -1.68. The molecule has 33 heavy (non-hydrogen) atoms. The zero-order chi connectivity index (χ0) is 23.9. The lowest BCUT2D eigenvalue weighted by atomic mass is 9.94. The van der Waals surface area contributed by atoms with Crippen molar-refractivity contribution in [1.82, 2.24) is 0 Å². The van der Waals surface area contributed by atoms with Gasteiger partial charge in [0.25, 0.3) is 0 Å². The van der Waals surface area contributed by atoms with Crippen molar-refractivity contribution in [3.05, 3.63) is 41.5 Å². The molecule has 2 aromatic carbocycles. The largest absolute Gasteiger partial charge is 0.508 e. The molecule has 2 aromatic rings. The number of aliphatic hydroxyl groups is 5. The number of fused-ring (bicyclic) bond motifs is 1. The Morgan fingerprint density at radius 2 is 1.76 bits per heavy atom. The number of rotatable bonds is 5. The molecule has 1 saturated heterocycles. The smallest absolute Gasteiger partial charge is 0.229 e. The molecule has 0 aromatic heterocycles. The Balaban J connectivity index is 1.65. The fourth-order valence-corrected chi connectivity index (χ4v) is 4.01. The highest BCUT2D eigenvalue weighted by Gasteiger charge is 2.45. The molecule has 0 radical (unpaired) electrons. The van der Waals surface area contributed by atoms with E-state index in [1.807, 2.05) is 0 Å². The van der Waals surface area contributed by atoms with Crippen LogP contribution in [0.2, 0.25) is 0 Å². The van der Waals surface area contributed by atoms with E-state index in [1.165, 1.54) is 31.4 Å². The van der Waals surface area contributed by atoms with E-state index in [-0.39, 0.29) is 29.4 Å². The molecule has 2 heterocycles. The van der Waals surface area contributed by atoms with Gasteiger partial charge in [0.2, 0.25) is 12.0 Å². The molecule has 0 aliphatic carbocycles. The number of phenols is 2. The normalized spacial score (nSPS) is 31.4. The molecule has 1 fully saturated rings. The number of aromatic hydroxyl groups is 2. The molecule has 0 amide bonds. The summed E-state index contributed by atoms with van der Waals surface area (Å²) in [6.07, 6.45) is -9.29. The van der Waals surface area contributed by atoms with Gasteiger partial charge in [-0.15, -0.1) is 0 Å². The van der Waals surface area contributed by atoms with E-state index in [0.29, 0.717) is 16.9 Å². The Bertz CT molecular complexity index is 995. The molecular formula is C22H26O11. The second kappa shape index (κ2) is 9.21. The molecule has 0 bridgehead atoms. The Labute approximate surface area is 188 Å². The first-order valence-corrected chi connectivity index (χ1v) is 10.3. The highest BCUT2D eigenvalue weighted by atomic mass is 16.7. The third kappa shape index (κ3) is 4.38. The van der Waals surface area contributed by atoms with Crippen LogP contribution in [0.25, 0.3) is 0 Å². The van der Waals surface area contributed by atoms with E-state index in [4.69, 9.17) is 18.9 Å². The summed E-state index contributed by atoms with van der Waals surface area (Å²) >= 11 is 0. The lowest BCUT2D eigenvalue weighted by Gasteiger charge is -2.39. The lowest BCUT2D eigenvalue weighted by molar-refractivity contribution is -0.277. The van der Waals surface area contributed by atoms with Gasteiger partial charge in [0.15, 0.2) is 17.6 Å². The zero-order valence-corrected chi connectivity index (χ0v) is 17.6. The molecule has 7 N–H and O–H groups in total. The molecule has 180 valence electrons. The maximum Gasteiger partial charge on any atom is 0.229 e. The Kier molecular flexibility index (Phi) is 6.52. The van der Waals surface area contributed by atoms with Crippen LogP contribution in [0.5, 0.6) is 28.7 Å². The van der Waals surface area contributed by atoms with Crippen LogP contribution in [0.1, 0.15) is 17.2 Å². The number of aliphatic hydroxyl groups excluding tert-OH is 5.